The maximum Gasteiger partial charge on any atom is 0.237 e. The van der Waals surface area contributed by atoms with Crippen LogP contribution >= 0.6 is 12.2 Å². The van der Waals surface area contributed by atoms with Gasteiger partial charge in [0, 0.05) is 15.9 Å². The van der Waals surface area contributed by atoms with Crippen LogP contribution in [0.4, 0.5) is 0 Å². The lowest BCUT2D eigenvalue weighted by molar-refractivity contribution is -0.118. The first kappa shape index (κ1) is 9.92. The lowest BCUT2D eigenvalue weighted by atomic mass is 10.3. The van der Waals surface area contributed by atoms with Gasteiger partial charge in [-0.05, 0) is 26.0 Å². The van der Waals surface area contributed by atoms with E-state index in [-0.39, 0.29) is 12.5 Å². The van der Waals surface area contributed by atoms with Crippen LogP contribution in [0.3, 0.4) is 0 Å². The highest BCUT2D eigenvalue weighted by atomic mass is 32.1. The minimum Gasteiger partial charge on any atom is -0.368 e. The summed E-state index contributed by atoms with van der Waals surface area (Å²) in [6.07, 6.45) is 0. The standard InChI is InChI=1S/C9H12N2OS/c1-6-3-8(13)4-7(2)11(6)5-9(10)12/h3-4H,5H2,1-2H3,(H2,10,12). The van der Waals surface area contributed by atoms with Gasteiger partial charge in [0.1, 0.15) is 6.54 Å². The van der Waals surface area contributed by atoms with Crippen LogP contribution in [-0.2, 0) is 11.3 Å². The van der Waals surface area contributed by atoms with Crippen molar-refractivity contribution in [3.05, 3.63) is 28.0 Å². The molecule has 0 aliphatic carbocycles. The topological polar surface area (TPSA) is 48.0 Å². The fourth-order valence-corrected chi connectivity index (χ4v) is 1.63. The van der Waals surface area contributed by atoms with Crippen LogP contribution in [0.1, 0.15) is 11.4 Å². The first-order valence-corrected chi connectivity index (χ1v) is 4.38. The molecule has 4 heteroatoms. The average molecular weight is 196 g/mol. The first-order valence-electron chi connectivity index (χ1n) is 3.97. The lowest BCUT2D eigenvalue weighted by Crippen LogP contribution is -2.21. The monoisotopic (exact) mass is 196 g/mol. The second-order valence-electron chi connectivity index (χ2n) is 3.03. The number of rotatable bonds is 2. The number of amides is 1. The predicted octanol–water partition coefficient (Wildman–Crippen LogP) is 1.32. The van der Waals surface area contributed by atoms with Gasteiger partial charge < -0.3 is 10.3 Å². The third kappa shape index (κ3) is 2.39. The largest absolute Gasteiger partial charge is 0.368 e. The van der Waals surface area contributed by atoms with Crippen molar-refractivity contribution < 1.29 is 4.79 Å². The molecule has 0 unspecified atom stereocenters. The van der Waals surface area contributed by atoms with Crippen molar-refractivity contribution in [1.29, 1.82) is 0 Å². The molecule has 70 valence electrons. The Morgan fingerprint density at radius 3 is 2.31 bits per heavy atom. The molecule has 1 heterocycles. The summed E-state index contributed by atoms with van der Waals surface area (Å²) >= 11 is 5.03. The van der Waals surface area contributed by atoms with E-state index < -0.39 is 0 Å². The Labute approximate surface area is 82.2 Å². The Bertz CT molecular complexity index is 369. The number of pyridine rings is 1. The first-order chi connectivity index (χ1) is 6.00. The predicted molar refractivity (Wildman–Crippen MR) is 53.9 cm³/mol. The van der Waals surface area contributed by atoms with E-state index in [4.69, 9.17) is 18.0 Å². The van der Waals surface area contributed by atoms with Crippen LogP contribution in [0.2, 0.25) is 0 Å². The van der Waals surface area contributed by atoms with Gasteiger partial charge in [-0.3, -0.25) is 4.79 Å². The molecular weight excluding hydrogens is 184 g/mol. The molecule has 0 spiro atoms. The minimum atomic E-state index is -0.340. The molecule has 1 amide bonds. The molecule has 1 aromatic rings. The van der Waals surface area contributed by atoms with Crippen molar-refractivity contribution in [3.63, 3.8) is 0 Å². The van der Waals surface area contributed by atoms with Crippen LogP contribution in [-0.4, -0.2) is 10.5 Å². The number of carbonyl (C=O) groups excluding carboxylic acids is 1. The van der Waals surface area contributed by atoms with Crippen molar-refractivity contribution in [3.8, 4) is 0 Å². The Hall–Kier alpha value is -1.16. The molecular formula is C9H12N2OS. The fraction of sp³-hybridized carbons (Fsp3) is 0.333. The zero-order chi connectivity index (χ0) is 10.0. The SMILES string of the molecule is Cc1cc(=S)cc(C)n1CC(N)=O. The van der Waals surface area contributed by atoms with E-state index in [9.17, 15) is 4.79 Å². The molecule has 0 aliphatic rings. The molecule has 0 saturated heterocycles. The Morgan fingerprint density at radius 2 is 1.92 bits per heavy atom. The molecule has 13 heavy (non-hydrogen) atoms. The smallest absolute Gasteiger partial charge is 0.237 e. The number of nitrogens with zero attached hydrogens (tertiary/aromatic N) is 1. The molecule has 0 radical (unpaired) electrons. The highest BCUT2D eigenvalue weighted by Crippen LogP contribution is 2.06. The van der Waals surface area contributed by atoms with Gasteiger partial charge in [-0.2, -0.15) is 0 Å². The number of hydrogen-bond donors (Lipinski definition) is 1. The summed E-state index contributed by atoms with van der Waals surface area (Å²) < 4.78 is 2.63. The Balaban J connectivity index is 3.20. The van der Waals surface area contributed by atoms with E-state index in [1.807, 2.05) is 30.5 Å². The number of aryl methyl sites for hydroxylation is 2. The third-order valence-corrected chi connectivity index (χ3v) is 2.10. The highest BCUT2D eigenvalue weighted by molar-refractivity contribution is 7.71. The maximum absolute atomic E-state index is 10.7. The molecule has 0 bridgehead atoms. The molecule has 0 saturated carbocycles. The minimum absolute atomic E-state index is 0.216. The average Bonchev–Trinajstić information content (AvgIpc) is 1.96. The quantitative estimate of drug-likeness (QED) is 0.725. The number of aromatic nitrogens is 1. The van der Waals surface area contributed by atoms with Crippen molar-refractivity contribution in [2.75, 3.05) is 0 Å². The molecule has 0 atom stereocenters. The van der Waals surface area contributed by atoms with Crippen molar-refractivity contribution in [1.82, 2.24) is 4.57 Å². The molecule has 2 N–H and O–H groups in total. The molecule has 3 nitrogen and oxygen atoms in total. The summed E-state index contributed by atoms with van der Waals surface area (Å²) in [7, 11) is 0. The maximum atomic E-state index is 10.7. The molecule has 0 fully saturated rings. The van der Waals surface area contributed by atoms with E-state index in [1.165, 1.54) is 0 Å². The lowest BCUT2D eigenvalue weighted by Gasteiger charge is -2.11. The summed E-state index contributed by atoms with van der Waals surface area (Å²) in [5.41, 5.74) is 7.04. The summed E-state index contributed by atoms with van der Waals surface area (Å²) in [5, 5.41) is 0. The van der Waals surface area contributed by atoms with Crippen LogP contribution in [0, 0.1) is 18.4 Å². The van der Waals surface area contributed by atoms with Crippen LogP contribution in [0.5, 0.6) is 0 Å². The van der Waals surface area contributed by atoms with Gasteiger partial charge in [-0.15, -0.1) is 0 Å². The number of nitrogens with two attached hydrogens (primary N) is 1. The number of hydrogen-bond acceptors (Lipinski definition) is 2. The number of primary amides is 1. The second kappa shape index (κ2) is 3.70. The van der Waals surface area contributed by atoms with Crippen molar-refractivity contribution in [2.45, 2.75) is 20.4 Å². The molecule has 1 aromatic heterocycles. The summed E-state index contributed by atoms with van der Waals surface area (Å²) in [6.45, 7) is 4.03. The van der Waals surface area contributed by atoms with Crippen LogP contribution < -0.4 is 5.73 Å². The van der Waals surface area contributed by atoms with Gasteiger partial charge in [0.15, 0.2) is 0 Å². The van der Waals surface area contributed by atoms with Gasteiger partial charge >= 0.3 is 0 Å². The van der Waals surface area contributed by atoms with E-state index in [2.05, 4.69) is 0 Å². The van der Waals surface area contributed by atoms with Crippen molar-refractivity contribution in [2.24, 2.45) is 5.73 Å². The summed E-state index contributed by atoms with van der Waals surface area (Å²) in [5.74, 6) is -0.340. The zero-order valence-corrected chi connectivity index (χ0v) is 8.52. The van der Waals surface area contributed by atoms with Crippen molar-refractivity contribution >= 4 is 18.1 Å². The molecule has 0 aromatic carbocycles. The van der Waals surface area contributed by atoms with E-state index in [0.29, 0.717) is 0 Å². The zero-order valence-electron chi connectivity index (χ0n) is 7.70. The van der Waals surface area contributed by atoms with Gasteiger partial charge in [0.05, 0.1) is 0 Å². The van der Waals surface area contributed by atoms with Gasteiger partial charge in [0.2, 0.25) is 5.91 Å². The summed E-state index contributed by atoms with van der Waals surface area (Å²) in [4.78, 5) is 10.7. The third-order valence-electron chi connectivity index (χ3n) is 1.87. The van der Waals surface area contributed by atoms with E-state index in [1.54, 1.807) is 0 Å². The number of carbonyl (C=O) groups is 1. The van der Waals surface area contributed by atoms with Gasteiger partial charge in [-0.25, -0.2) is 0 Å². The van der Waals surface area contributed by atoms with Gasteiger partial charge in [0.25, 0.3) is 0 Å². The van der Waals surface area contributed by atoms with E-state index in [0.717, 1.165) is 15.9 Å². The van der Waals surface area contributed by atoms with Gasteiger partial charge in [-0.1, -0.05) is 12.2 Å². The molecule has 0 aliphatic heterocycles. The normalized spacial score (nSPS) is 10.0. The van der Waals surface area contributed by atoms with E-state index >= 15 is 0 Å². The van der Waals surface area contributed by atoms with Crippen LogP contribution in [0.15, 0.2) is 12.1 Å². The van der Waals surface area contributed by atoms with Crippen LogP contribution in [0.25, 0.3) is 0 Å². The Kier molecular flexibility index (Phi) is 2.83. The fourth-order valence-electron chi connectivity index (χ4n) is 1.29. The highest BCUT2D eigenvalue weighted by Gasteiger charge is 2.02. The second-order valence-corrected chi connectivity index (χ2v) is 3.50. The molecule has 1 rings (SSSR count). The Morgan fingerprint density at radius 1 is 1.46 bits per heavy atom. The summed E-state index contributed by atoms with van der Waals surface area (Å²) in [6, 6.07) is 3.70.